The Morgan fingerprint density at radius 1 is 1.17 bits per heavy atom. The highest BCUT2D eigenvalue weighted by molar-refractivity contribution is 6.00. The van der Waals surface area contributed by atoms with Gasteiger partial charge in [0.05, 0.1) is 58.1 Å². The molecule has 4 heterocycles. The molecule has 1 aliphatic carbocycles. The zero-order valence-electron chi connectivity index (χ0n) is 23.0. The topological polar surface area (TPSA) is 146 Å². The van der Waals surface area contributed by atoms with E-state index in [0.29, 0.717) is 53.8 Å². The summed E-state index contributed by atoms with van der Waals surface area (Å²) >= 11 is 0. The van der Waals surface area contributed by atoms with E-state index in [2.05, 4.69) is 36.9 Å². The van der Waals surface area contributed by atoms with Crippen LogP contribution in [0.25, 0.3) is 16.9 Å². The second-order valence-corrected chi connectivity index (χ2v) is 10.9. The third-order valence-corrected chi connectivity index (χ3v) is 7.40. The molecule has 4 aromatic heterocycles. The molecule has 1 fully saturated rings. The van der Waals surface area contributed by atoms with Crippen molar-refractivity contribution in [2.45, 2.75) is 69.8 Å². The van der Waals surface area contributed by atoms with Crippen LogP contribution >= 0.6 is 0 Å². The van der Waals surface area contributed by atoms with Gasteiger partial charge in [0.15, 0.2) is 0 Å². The number of anilines is 1. The molecule has 42 heavy (non-hydrogen) atoms. The lowest BCUT2D eigenvalue weighted by molar-refractivity contribution is -0.00177. The number of halogens is 3. The molecule has 0 bridgehead atoms. The maximum absolute atomic E-state index is 14.4. The third kappa shape index (κ3) is 6.20. The van der Waals surface area contributed by atoms with E-state index in [1.54, 1.807) is 16.6 Å². The summed E-state index contributed by atoms with van der Waals surface area (Å²) in [6.07, 6.45) is 2.44. The van der Waals surface area contributed by atoms with Gasteiger partial charge in [0, 0.05) is 12.2 Å². The number of rotatable bonds is 9. The number of hydrogen-bond acceptors (Lipinski definition) is 8. The number of aliphatic hydroxyl groups is 1. The van der Waals surface area contributed by atoms with Gasteiger partial charge in [-0.05, 0) is 63.8 Å². The zero-order chi connectivity index (χ0) is 30.0. The van der Waals surface area contributed by atoms with Crippen molar-refractivity contribution >= 4 is 17.1 Å². The summed E-state index contributed by atoms with van der Waals surface area (Å²) in [5.41, 5.74) is 1.32. The molecule has 5 rings (SSSR count). The third-order valence-electron chi connectivity index (χ3n) is 7.40. The molecular weight excluding hydrogens is 551 g/mol. The number of fused-ring (bicyclic) bond motifs is 1. The fourth-order valence-electron chi connectivity index (χ4n) is 4.95. The van der Waals surface area contributed by atoms with Gasteiger partial charge < -0.3 is 15.7 Å². The van der Waals surface area contributed by atoms with Crippen molar-refractivity contribution in [3.8, 4) is 17.5 Å². The number of hydrogen-bond donors (Lipinski definition) is 3. The van der Waals surface area contributed by atoms with Gasteiger partial charge in [-0.2, -0.15) is 10.4 Å². The molecule has 0 saturated heterocycles. The van der Waals surface area contributed by atoms with Crippen LogP contribution in [0.15, 0.2) is 43.0 Å². The van der Waals surface area contributed by atoms with Gasteiger partial charge in [-0.1, -0.05) is 0 Å². The second kappa shape index (κ2) is 11.8. The van der Waals surface area contributed by atoms with Crippen molar-refractivity contribution in [1.82, 2.24) is 34.7 Å². The number of pyridine rings is 1. The fraction of sp³-hybridized carbons (Fsp3) is 0.429. The summed E-state index contributed by atoms with van der Waals surface area (Å²) in [7, 11) is 0. The highest BCUT2D eigenvalue weighted by Crippen LogP contribution is 2.32. The van der Waals surface area contributed by atoms with Crippen LogP contribution in [0.5, 0.6) is 0 Å². The minimum Gasteiger partial charge on any atom is -0.387 e. The number of amides is 1. The first-order valence-corrected chi connectivity index (χ1v) is 13.5. The molecule has 0 aromatic carbocycles. The molecule has 0 unspecified atom stereocenters. The van der Waals surface area contributed by atoms with Crippen molar-refractivity contribution in [3.63, 3.8) is 0 Å². The second-order valence-electron chi connectivity index (χ2n) is 10.9. The zero-order valence-corrected chi connectivity index (χ0v) is 23.0. The number of nitrogens with zero attached hydrogens (tertiary/aromatic N) is 7. The Hall–Kier alpha value is -4.51. The SMILES string of the molecule is CC(C)(O)[C@H](F)CNC(=O)c1cnc(-c2ccc3cc(C#N)cnn23)cc1NC1CCC(n2cnc(C(F)F)n2)CC1. The van der Waals surface area contributed by atoms with E-state index in [1.807, 2.05) is 12.1 Å². The summed E-state index contributed by atoms with van der Waals surface area (Å²) in [5, 5.41) is 33.3. The number of nitriles is 1. The normalized spacial score (nSPS) is 18.1. The number of aromatic nitrogens is 6. The van der Waals surface area contributed by atoms with Crippen molar-refractivity contribution in [1.29, 1.82) is 5.26 Å². The molecule has 1 amide bonds. The smallest absolute Gasteiger partial charge is 0.299 e. The summed E-state index contributed by atoms with van der Waals surface area (Å²) in [5.74, 6) is -1.05. The van der Waals surface area contributed by atoms with Gasteiger partial charge in [-0.3, -0.25) is 9.78 Å². The molecule has 11 nitrogen and oxygen atoms in total. The first-order valence-electron chi connectivity index (χ1n) is 13.5. The van der Waals surface area contributed by atoms with Crippen molar-refractivity contribution in [2.24, 2.45) is 0 Å². The first kappa shape index (κ1) is 29.0. The monoisotopic (exact) mass is 581 g/mol. The number of alkyl halides is 3. The average Bonchev–Trinajstić information content (AvgIpc) is 3.63. The van der Waals surface area contributed by atoms with E-state index < -0.39 is 29.9 Å². The van der Waals surface area contributed by atoms with E-state index in [1.165, 1.54) is 37.3 Å². The van der Waals surface area contributed by atoms with E-state index in [4.69, 9.17) is 0 Å². The van der Waals surface area contributed by atoms with E-state index in [9.17, 15) is 28.3 Å². The lowest BCUT2D eigenvalue weighted by Gasteiger charge is -2.30. The van der Waals surface area contributed by atoms with Gasteiger partial charge >= 0.3 is 0 Å². The Kier molecular flexibility index (Phi) is 8.13. The summed E-state index contributed by atoms with van der Waals surface area (Å²) in [6.45, 7) is 2.26. The number of carbonyl (C=O) groups excluding carboxylic acids is 1. The Bertz CT molecular complexity index is 1610. The van der Waals surface area contributed by atoms with Crippen LogP contribution in [-0.2, 0) is 0 Å². The van der Waals surface area contributed by atoms with Gasteiger partial charge in [-0.25, -0.2) is 27.4 Å². The Labute approximate surface area is 239 Å². The number of nitrogens with one attached hydrogen (secondary N) is 2. The molecule has 0 aliphatic heterocycles. The molecule has 1 saturated carbocycles. The van der Waals surface area contributed by atoms with E-state index in [-0.39, 0.29) is 24.2 Å². The van der Waals surface area contributed by atoms with Gasteiger partial charge in [0.2, 0.25) is 5.82 Å². The van der Waals surface area contributed by atoms with Crippen molar-refractivity contribution in [3.05, 3.63) is 59.9 Å². The van der Waals surface area contributed by atoms with E-state index in [0.717, 1.165) is 0 Å². The minimum atomic E-state index is -2.73. The molecule has 3 N–H and O–H groups in total. The quantitative estimate of drug-likeness (QED) is 0.266. The molecule has 0 radical (unpaired) electrons. The van der Waals surface area contributed by atoms with Gasteiger partial charge in [-0.15, -0.1) is 5.10 Å². The van der Waals surface area contributed by atoms with Gasteiger partial charge in [0.1, 0.15) is 18.6 Å². The predicted octanol–water partition coefficient (Wildman–Crippen LogP) is 4.23. The summed E-state index contributed by atoms with van der Waals surface area (Å²) in [4.78, 5) is 21.3. The molecule has 1 aliphatic rings. The Morgan fingerprint density at radius 2 is 1.93 bits per heavy atom. The van der Waals surface area contributed by atoms with Crippen LogP contribution in [0.3, 0.4) is 0 Å². The lowest BCUT2D eigenvalue weighted by atomic mass is 9.91. The molecule has 220 valence electrons. The summed E-state index contributed by atoms with van der Waals surface area (Å²) in [6, 6.07) is 8.98. The maximum Gasteiger partial charge on any atom is 0.299 e. The fourth-order valence-corrected chi connectivity index (χ4v) is 4.95. The molecule has 1 atom stereocenters. The average molecular weight is 582 g/mol. The van der Waals surface area contributed by atoms with E-state index >= 15 is 0 Å². The van der Waals surface area contributed by atoms with Gasteiger partial charge in [0.25, 0.3) is 12.3 Å². The lowest BCUT2D eigenvalue weighted by Crippen LogP contribution is -2.42. The largest absolute Gasteiger partial charge is 0.387 e. The van der Waals surface area contributed by atoms with Crippen LogP contribution in [0.4, 0.5) is 18.9 Å². The Morgan fingerprint density at radius 3 is 2.60 bits per heavy atom. The molecular formula is C28H30F3N9O2. The van der Waals surface area contributed by atoms with Crippen molar-refractivity contribution < 1.29 is 23.1 Å². The molecule has 14 heteroatoms. The van der Waals surface area contributed by atoms with Crippen LogP contribution in [0.2, 0.25) is 0 Å². The minimum absolute atomic E-state index is 0.0492. The number of carbonyl (C=O) groups is 1. The van der Waals surface area contributed by atoms with Crippen LogP contribution in [-0.4, -0.2) is 64.7 Å². The van der Waals surface area contributed by atoms with Crippen LogP contribution in [0.1, 0.15) is 73.7 Å². The maximum atomic E-state index is 14.4. The van der Waals surface area contributed by atoms with Crippen molar-refractivity contribution in [2.75, 3.05) is 11.9 Å². The highest BCUT2D eigenvalue weighted by atomic mass is 19.3. The summed E-state index contributed by atoms with van der Waals surface area (Å²) < 4.78 is 43.3. The highest BCUT2D eigenvalue weighted by Gasteiger charge is 2.29. The van der Waals surface area contributed by atoms with Crippen LogP contribution in [0, 0.1) is 11.3 Å². The molecule has 4 aromatic rings. The Balaban J connectivity index is 1.38. The first-order chi connectivity index (χ1) is 20.0. The predicted molar refractivity (Wildman–Crippen MR) is 147 cm³/mol. The molecule has 0 spiro atoms. The van der Waals surface area contributed by atoms with Crippen LogP contribution < -0.4 is 10.6 Å². The standard InChI is InChI=1S/C28H30F3N9O2/c1-28(2,42)24(29)14-34-27(41)20-13-33-22(23-8-7-19-9-16(11-32)12-36-40(19)23)10-21(20)37-17-3-5-18(6-4-17)39-15-35-26(38-39)25(30)31/h7-10,12-13,15,17-18,24-25,42H,3-6,14H2,1-2H3,(H,33,37)(H,34,41)/t17?,18?,24-/m1/s1.